The number of hydrogen-bond acceptors (Lipinski definition) is 1. The second-order valence-electron chi connectivity index (χ2n) is 15.7. The Labute approximate surface area is 362 Å². The van der Waals surface area contributed by atoms with Crippen LogP contribution >= 0.6 is 0 Å². The van der Waals surface area contributed by atoms with Crippen LogP contribution in [0.5, 0.6) is 0 Å². The molecule has 1 aromatic heterocycles. The third-order valence-electron chi connectivity index (χ3n) is 12.0. The Bertz CT molecular complexity index is 3200. The number of hydrogen-bond donors (Lipinski definition) is 0. The maximum Gasteiger partial charge on any atom is 0.0546 e. The maximum absolute atomic E-state index is 2.44. The lowest BCUT2D eigenvalue weighted by atomic mass is 9.92. The third kappa shape index (κ3) is 6.84. The molecule has 1 heterocycles. The van der Waals surface area contributed by atoms with Crippen molar-refractivity contribution in [2.24, 2.45) is 0 Å². The van der Waals surface area contributed by atoms with Crippen LogP contribution < -0.4 is 4.90 Å². The molecule has 0 saturated heterocycles. The zero-order valence-electron chi connectivity index (χ0n) is 34.1. The van der Waals surface area contributed by atoms with Crippen molar-refractivity contribution in [3.63, 3.8) is 0 Å². The normalized spacial score (nSPS) is 11.2. The van der Waals surface area contributed by atoms with Crippen LogP contribution in [-0.4, -0.2) is 4.57 Å². The molecule has 0 atom stereocenters. The highest BCUT2D eigenvalue weighted by Gasteiger charge is 2.21. The van der Waals surface area contributed by atoms with Gasteiger partial charge >= 0.3 is 0 Å². The lowest BCUT2D eigenvalue weighted by Gasteiger charge is -2.28. The monoisotopic (exact) mass is 790 g/mol. The summed E-state index contributed by atoms with van der Waals surface area (Å²) in [6, 6.07) is 92.1. The van der Waals surface area contributed by atoms with Crippen LogP contribution in [0.1, 0.15) is 0 Å². The molecule has 0 aliphatic rings. The molecule has 0 amide bonds. The molecule has 0 spiro atoms. The highest BCUT2D eigenvalue weighted by molar-refractivity contribution is 6.10. The van der Waals surface area contributed by atoms with Gasteiger partial charge in [-0.15, -0.1) is 0 Å². The average molecular weight is 791 g/mol. The van der Waals surface area contributed by atoms with E-state index >= 15 is 0 Å². The molecule has 11 aromatic rings. The van der Waals surface area contributed by atoms with E-state index in [0.29, 0.717) is 0 Å². The van der Waals surface area contributed by atoms with Gasteiger partial charge in [0.1, 0.15) is 0 Å². The van der Waals surface area contributed by atoms with Crippen LogP contribution in [0.3, 0.4) is 0 Å². The summed E-state index contributed by atoms with van der Waals surface area (Å²) in [6.45, 7) is 0. The standard InChI is InChI=1S/C60H42N2/c1-5-19-43(20-6-1)48-27-17-28-52(40-48)61(53-41-49(44-21-7-2-8-22-44)39-50(42-53)45-23-9-3-10-24-45)51-37-35-46(36-38-51)54-31-18-34-59(60(54)47-25-11-4-12-26-47)62-57-32-15-13-29-55(57)56-30-14-16-33-58(56)62/h1-42H. The van der Waals surface area contributed by atoms with E-state index in [1.54, 1.807) is 0 Å². The first-order chi connectivity index (χ1) is 30.8. The Morgan fingerprint density at radius 3 is 1.27 bits per heavy atom. The molecule has 11 rings (SSSR count). The Kier molecular flexibility index (Phi) is 9.57. The van der Waals surface area contributed by atoms with Gasteiger partial charge in [0.25, 0.3) is 0 Å². The fourth-order valence-electron chi connectivity index (χ4n) is 9.08. The Hall–Kier alpha value is -8.20. The first-order valence-electron chi connectivity index (χ1n) is 21.3. The van der Waals surface area contributed by atoms with Gasteiger partial charge in [-0.1, -0.05) is 194 Å². The Balaban J connectivity index is 1.10. The van der Waals surface area contributed by atoms with E-state index in [4.69, 9.17) is 0 Å². The van der Waals surface area contributed by atoms with Crippen molar-refractivity contribution < 1.29 is 0 Å². The molecule has 0 fully saturated rings. The zero-order chi connectivity index (χ0) is 41.2. The lowest BCUT2D eigenvalue weighted by Crippen LogP contribution is -2.10. The SMILES string of the molecule is c1ccc(-c2cccc(N(c3ccc(-c4cccc(-n5c6ccccc6c6ccccc65)c4-c4ccccc4)cc3)c3cc(-c4ccccc4)cc(-c4ccccc4)c3)c2)cc1. The van der Waals surface area contributed by atoms with Crippen LogP contribution in [0.15, 0.2) is 255 Å². The summed E-state index contributed by atoms with van der Waals surface area (Å²) in [7, 11) is 0. The first kappa shape index (κ1) is 36.8. The van der Waals surface area contributed by atoms with Crippen molar-refractivity contribution in [3.8, 4) is 61.3 Å². The number of nitrogens with zero attached hydrogens (tertiary/aromatic N) is 2. The highest BCUT2D eigenvalue weighted by Crippen LogP contribution is 2.44. The van der Waals surface area contributed by atoms with Gasteiger partial charge in [0.15, 0.2) is 0 Å². The summed E-state index contributed by atoms with van der Waals surface area (Å²) in [5.41, 5.74) is 18.5. The number of para-hydroxylation sites is 2. The van der Waals surface area contributed by atoms with Crippen molar-refractivity contribution in [2.45, 2.75) is 0 Å². The summed E-state index contributed by atoms with van der Waals surface area (Å²) >= 11 is 0. The summed E-state index contributed by atoms with van der Waals surface area (Å²) in [4.78, 5) is 2.40. The van der Waals surface area contributed by atoms with Gasteiger partial charge in [0, 0.05) is 33.4 Å². The van der Waals surface area contributed by atoms with E-state index in [2.05, 4.69) is 264 Å². The molecule has 0 aliphatic heterocycles. The number of benzene rings is 10. The quantitative estimate of drug-likeness (QED) is 0.141. The van der Waals surface area contributed by atoms with Gasteiger partial charge < -0.3 is 9.47 Å². The minimum Gasteiger partial charge on any atom is -0.310 e. The summed E-state index contributed by atoms with van der Waals surface area (Å²) in [6.07, 6.45) is 0. The van der Waals surface area contributed by atoms with Crippen LogP contribution in [0, 0.1) is 0 Å². The lowest BCUT2D eigenvalue weighted by molar-refractivity contribution is 1.18. The smallest absolute Gasteiger partial charge is 0.0546 e. The Morgan fingerprint density at radius 1 is 0.258 bits per heavy atom. The average Bonchev–Trinajstić information content (AvgIpc) is 3.69. The van der Waals surface area contributed by atoms with E-state index in [9.17, 15) is 0 Å². The number of anilines is 3. The second-order valence-corrected chi connectivity index (χ2v) is 15.7. The molecule has 2 nitrogen and oxygen atoms in total. The van der Waals surface area contributed by atoms with Gasteiger partial charge in [0.2, 0.25) is 0 Å². The van der Waals surface area contributed by atoms with Crippen LogP contribution in [0.4, 0.5) is 17.1 Å². The van der Waals surface area contributed by atoms with E-state index in [1.807, 2.05) is 0 Å². The molecule has 0 N–H and O–H groups in total. The van der Waals surface area contributed by atoms with E-state index < -0.39 is 0 Å². The zero-order valence-corrected chi connectivity index (χ0v) is 34.1. The van der Waals surface area contributed by atoms with Crippen LogP contribution in [0.25, 0.3) is 83.1 Å². The number of rotatable bonds is 9. The minimum atomic E-state index is 1.07. The summed E-state index contributed by atoms with van der Waals surface area (Å²) < 4.78 is 2.44. The molecule has 10 aromatic carbocycles. The summed E-state index contributed by atoms with van der Waals surface area (Å²) in [5.74, 6) is 0. The molecule has 0 unspecified atom stereocenters. The third-order valence-corrected chi connectivity index (χ3v) is 12.0. The largest absolute Gasteiger partial charge is 0.310 e. The molecule has 62 heavy (non-hydrogen) atoms. The minimum absolute atomic E-state index is 1.07. The van der Waals surface area contributed by atoms with Crippen molar-refractivity contribution in [3.05, 3.63) is 255 Å². The molecule has 292 valence electrons. The van der Waals surface area contributed by atoms with Crippen molar-refractivity contribution in [1.29, 1.82) is 0 Å². The second kappa shape index (κ2) is 16.1. The topological polar surface area (TPSA) is 8.17 Å². The van der Waals surface area contributed by atoms with Crippen LogP contribution in [-0.2, 0) is 0 Å². The first-order valence-corrected chi connectivity index (χ1v) is 21.3. The molecule has 0 saturated carbocycles. The number of fused-ring (bicyclic) bond motifs is 3. The van der Waals surface area contributed by atoms with Gasteiger partial charge in [0.05, 0.1) is 16.7 Å². The highest BCUT2D eigenvalue weighted by atomic mass is 15.1. The van der Waals surface area contributed by atoms with E-state index in [1.165, 1.54) is 60.8 Å². The molecular formula is C60H42N2. The van der Waals surface area contributed by atoms with E-state index in [-0.39, 0.29) is 0 Å². The van der Waals surface area contributed by atoms with E-state index in [0.717, 1.165) is 39.4 Å². The predicted molar refractivity (Wildman–Crippen MR) is 263 cm³/mol. The predicted octanol–water partition coefficient (Wildman–Crippen LogP) is 16.6. The fourth-order valence-corrected chi connectivity index (χ4v) is 9.08. The van der Waals surface area contributed by atoms with Crippen molar-refractivity contribution in [2.75, 3.05) is 4.90 Å². The van der Waals surface area contributed by atoms with Crippen molar-refractivity contribution in [1.82, 2.24) is 4.57 Å². The Morgan fingerprint density at radius 2 is 0.710 bits per heavy atom. The molecule has 0 bridgehead atoms. The van der Waals surface area contributed by atoms with Gasteiger partial charge in [-0.05, 0) is 111 Å². The molecule has 0 aliphatic carbocycles. The maximum atomic E-state index is 2.44. The number of aromatic nitrogens is 1. The van der Waals surface area contributed by atoms with Gasteiger partial charge in [-0.3, -0.25) is 0 Å². The molecular weight excluding hydrogens is 749 g/mol. The van der Waals surface area contributed by atoms with Gasteiger partial charge in [-0.2, -0.15) is 0 Å². The molecule has 0 radical (unpaired) electrons. The fraction of sp³-hybridized carbons (Fsp3) is 0. The molecule has 2 heteroatoms. The van der Waals surface area contributed by atoms with Crippen LogP contribution in [0.2, 0.25) is 0 Å². The summed E-state index contributed by atoms with van der Waals surface area (Å²) in [5, 5.41) is 2.50. The van der Waals surface area contributed by atoms with Gasteiger partial charge in [-0.25, -0.2) is 0 Å². The van der Waals surface area contributed by atoms with Crippen molar-refractivity contribution >= 4 is 38.9 Å².